The second-order valence-electron chi connectivity index (χ2n) is 4.88. The molecule has 1 atom stereocenters. The first kappa shape index (κ1) is 15.6. The van der Waals surface area contributed by atoms with E-state index in [1.165, 1.54) is 18.4 Å². The lowest BCUT2D eigenvalue weighted by atomic mass is 9.98. The minimum atomic E-state index is -4.39. The number of likely N-dealkylation sites (N-methyl/N-ethyl adjacent to an activating group) is 1. The van der Waals surface area contributed by atoms with Gasteiger partial charge >= 0.3 is 6.18 Å². The van der Waals surface area contributed by atoms with E-state index >= 15 is 0 Å². The molecule has 0 fully saturated rings. The number of halogens is 3. The highest BCUT2D eigenvalue weighted by Crippen LogP contribution is 2.35. The standard InChI is InChI=1S/C15H17F3N2O/c1-20(9-11-6-7-21-10-11)14(8-19)12-4-2-3-5-13(12)15(16,17)18/h2-7,10,14H,8-9,19H2,1H3. The minimum Gasteiger partial charge on any atom is -0.472 e. The van der Waals surface area contributed by atoms with Crippen LogP contribution in [-0.2, 0) is 12.7 Å². The summed E-state index contributed by atoms with van der Waals surface area (Å²) in [5.74, 6) is 0. The van der Waals surface area contributed by atoms with Crippen LogP contribution in [0, 0.1) is 0 Å². The van der Waals surface area contributed by atoms with Crippen LogP contribution in [0.15, 0.2) is 47.3 Å². The largest absolute Gasteiger partial charge is 0.472 e. The van der Waals surface area contributed by atoms with Crippen molar-refractivity contribution in [1.82, 2.24) is 4.90 Å². The lowest BCUT2D eigenvalue weighted by molar-refractivity contribution is -0.138. The maximum Gasteiger partial charge on any atom is 0.416 e. The number of hydrogen-bond donors (Lipinski definition) is 1. The third-order valence-corrected chi connectivity index (χ3v) is 3.39. The van der Waals surface area contributed by atoms with Crippen LogP contribution in [0.3, 0.4) is 0 Å². The second-order valence-corrected chi connectivity index (χ2v) is 4.88. The predicted octanol–water partition coefficient (Wildman–Crippen LogP) is 3.43. The van der Waals surface area contributed by atoms with Crippen LogP contribution in [0.25, 0.3) is 0 Å². The Morgan fingerprint density at radius 3 is 2.52 bits per heavy atom. The lowest BCUT2D eigenvalue weighted by Crippen LogP contribution is -2.31. The van der Waals surface area contributed by atoms with Gasteiger partial charge in [-0.25, -0.2) is 0 Å². The number of rotatable bonds is 5. The highest BCUT2D eigenvalue weighted by molar-refractivity contribution is 5.32. The monoisotopic (exact) mass is 298 g/mol. The molecule has 114 valence electrons. The Bertz CT molecular complexity index is 567. The number of furan rings is 1. The first-order valence-corrected chi connectivity index (χ1v) is 6.51. The van der Waals surface area contributed by atoms with Crippen LogP contribution in [0.1, 0.15) is 22.7 Å². The van der Waals surface area contributed by atoms with Crippen molar-refractivity contribution in [3.8, 4) is 0 Å². The van der Waals surface area contributed by atoms with E-state index in [9.17, 15) is 13.2 Å². The van der Waals surface area contributed by atoms with Gasteiger partial charge < -0.3 is 10.2 Å². The van der Waals surface area contributed by atoms with Gasteiger partial charge in [0.25, 0.3) is 0 Å². The van der Waals surface area contributed by atoms with Crippen molar-refractivity contribution in [3.63, 3.8) is 0 Å². The molecule has 1 heterocycles. The Labute approximate surface area is 121 Å². The van der Waals surface area contributed by atoms with Gasteiger partial charge in [-0.1, -0.05) is 18.2 Å². The average Bonchev–Trinajstić information content (AvgIpc) is 2.92. The summed E-state index contributed by atoms with van der Waals surface area (Å²) < 4.78 is 44.3. The number of nitrogens with zero attached hydrogens (tertiary/aromatic N) is 1. The maximum absolute atomic E-state index is 13.1. The third kappa shape index (κ3) is 3.65. The van der Waals surface area contributed by atoms with Crippen molar-refractivity contribution in [3.05, 3.63) is 59.5 Å². The Balaban J connectivity index is 2.29. The summed E-state index contributed by atoms with van der Waals surface area (Å²) in [4.78, 5) is 1.79. The summed E-state index contributed by atoms with van der Waals surface area (Å²) in [5, 5.41) is 0. The van der Waals surface area contributed by atoms with E-state index in [4.69, 9.17) is 10.2 Å². The summed E-state index contributed by atoms with van der Waals surface area (Å²) >= 11 is 0. The van der Waals surface area contributed by atoms with Gasteiger partial charge in [-0.2, -0.15) is 13.2 Å². The summed E-state index contributed by atoms with van der Waals surface area (Å²) in [6, 6.07) is 6.81. The molecule has 1 aromatic heterocycles. The van der Waals surface area contributed by atoms with E-state index in [0.29, 0.717) is 6.54 Å². The van der Waals surface area contributed by atoms with Crippen molar-refractivity contribution >= 4 is 0 Å². The molecule has 0 saturated heterocycles. The van der Waals surface area contributed by atoms with Gasteiger partial charge in [0.15, 0.2) is 0 Å². The van der Waals surface area contributed by atoms with Crippen LogP contribution in [-0.4, -0.2) is 18.5 Å². The van der Waals surface area contributed by atoms with E-state index in [1.54, 1.807) is 30.3 Å². The molecule has 0 saturated carbocycles. The van der Waals surface area contributed by atoms with Gasteiger partial charge in [0.05, 0.1) is 18.1 Å². The molecule has 2 aromatic rings. The zero-order valence-corrected chi connectivity index (χ0v) is 11.6. The molecule has 2 rings (SSSR count). The van der Waals surface area contributed by atoms with E-state index < -0.39 is 17.8 Å². The van der Waals surface area contributed by atoms with Crippen LogP contribution in [0.5, 0.6) is 0 Å². The topological polar surface area (TPSA) is 42.4 Å². The molecular formula is C15H17F3N2O. The third-order valence-electron chi connectivity index (χ3n) is 3.39. The Kier molecular flexibility index (Phi) is 4.69. The van der Waals surface area contributed by atoms with E-state index in [1.807, 2.05) is 0 Å². The van der Waals surface area contributed by atoms with Gasteiger partial charge in [-0.05, 0) is 24.7 Å². The number of nitrogens with two attached hydrogens (primary N) is 1. The zero-order valence-electron chi connectivity index (χ0n) is 11.6. The molecule has 0 amide bonds. The fraction of sp³-hybridized carbons (Fsp3) is 0.333. The molecule has 0 bridgehead atoms. The Morgan fingerprint density at radius 2 is 1.95 bits per heavy atom. The molecular weight excluding hydrogens is 281 g/mol. The number of hydrogen-bond acceptors (Lipinski definition) is 3. The average molecular weight is 298 g/mol. The van der Waals surface area contributed by atoms with Gasteiger partial charge in [-0.15, -0.1) is 0 Å². The molecule has 0 spiro atoms. The first-order valence-electron chi connectivity index (χ1n) is 6.51. The van der Waals surface area contributed by atoms with Gasteiger partial charge in [-0.3, -0.25) is 4.90 Å². The lowest BCUT2D eigenvalue weighted by Gasteiger charge is -2.29. The Morgan fingerprint density at radius 1 is 1.24 bits per heavy atom. The number of alkyl halides is 3. The van der Waals surface area contributed by atoms with Crippen LogP contribution >= 0.6 is 0 Å². The van der Waals surface area contributed by atoms with Crippen LogP contribution in [0.4, 0.5) is 13.2 Å². The fourth-order valence-corrected chi connectivity index (χ4v) is 2.37. The van der Waals surface area contributed by atoms with Crippen molar-refractivity contribution in [2.75, 3.05) is 13.6 Å². The normalized spacial score (nSPS) is 13.6. The highest BCUT2D eigenvalue weighted by Gasteiger charge is 2.35. The molecule has 3 nitrogen and oxygen atoms in total. The Hall–Kier alpha value is -1.79. The number of benzene rings is 1. The zero-order chi connectivity index (χ0) is 15.5. The molecule has 0 aliphatic heterocycles. The molecule has 6 heteroatoms. The van der Waals surface area contributed by atoms with E-state index in [-0.39, 0.29) is 12.1 Å². The summed E-state index contributed by atoms with van der Waals surface area (Å²) in [7, 11) is 1.75. The molecule has 0 aliphatic carbocycles. The first-order chi connectivity index (χ1) is 9.93. The second kappa shape index (κ2) is 6.32. The summed E-state index contributed by atoms with van der Waals surface area (Å²) in [5.41, 5.74) is 6.16. The SMILES string of the molecule is CN(Cc1ccoc1)C(CN)c1ccccc1C(F)(F)F. The minimum absolute atomic E-state index is 0.0987. The summed E-state index contributed by atoms with van der Waals surface area (Å²) in [6.45, 7) is 0.562. The van der Waals surface area contributed by atoms with E-state index in [2.05, 4.69) is 0 Å². The van der Waals surface area contributed by atoms with Crippen LogP contribution < -0.4 is 5.73 Å². The smallest absolute Gasteiger partial charge is 0.416 e. The van der Waals surface area contributed by atoms with Crippen molar-refractivity contribution in [2.45, 2.75) is 18.8 Å². The molecule has 1 aromatic carbocycles. The summed E-state index contributed by atoms with van der Waals surface area (Å²) in [6.07, 6.45) is -1.29. The van der Waals surface area contributed by atoms with Crippen molar-refractivity contribution in [2.24, 2.45) is 5.73 Å². The highest BCUT2D eigenvalue weighted by atomic mass is 19.4. The molecule has 1 unspecified atom stereocenters. The quantitative estimate of drug-likeness (QED) is 0.919. The van der Waals surface area contributed by atoms with Crippen molar-refractivity contribution in [1.29, 1.82) is 0 Å². The van der Waals surface area contributed by atoms with Crippen LogP contribution in [0.2, 0.25) is 0 Å². The molecule has 2 N–H and O–H groups in total. The molecule has 21 heavy (non-hydrogen) atoms. The van der Waals surface area contributed by atoms with E-state index in [0.717, 1.165) is 11.6 Å². The predicted molar refractivity (Wildman–Crippen MR) is 73.4 cm³/mol. The van der Waals surface area contributed by atoms with Crippen molar-refractivity contribution < 1.29 is 17.6 Å². The fourth-order valence-electron chi connectivity index (χ4n) is 2.37. The molecule has 0 aliphatic rings. The maximum atomic E-state index is 13.1. The molecule has 0 radical (unpaired) electrons. The van der Waals surface area contributed by atoms with Gasteiger partial charge in [0.1, 0.15) is 0 Å². The van der Waals surface area contributed by atoms with Gasteiger partial charge in [0, 0.05) is 24.7 Å². The van der Waals surface area contributed by atoms with Gasteiger partial charge in [0.2, 0.25) is 0 Å².